The third kappa shape index (κ3) is 3.17. The highest BCUT2D eigenvalue weighted by Crippen LogP contribution is 2.28. The molecule has 0 spiro atoms. The standard InChI is InChI=1S/C20H21F2N3O/c1-14-13-26-12-11-24(14)16-7-5-15(6-8-16)19-9-10-25(23-19)20-17(21)3-2-4-18(20)22/h2-8,14H,9-13H2,1H3/t14-/m0/s1. The number of anilines is 2. The number of halogens is 2. The smallest absolute Gasteiger partial charge is 0.151 e. The van der Waals surface area contributed by atoms with E-state index in [-0.39, 0.29) is 5.69 Å². The molecule has 0 aliphatic carbocycles. The molecule has 26 heavy (non-hydrogen) atoms. The van der Waals surface area contributed by atoms with Gasteiger partial charge in [0.05, 0.1) is 18.9 Å². The van der Waals surface area contributed by atoms with Crippen LogP contribution in [0.5, 0.6) is 0 Å². The quantitative estimate of drug-likeness (QED) is 0.836. The number of nitrogens with zero attached hydrogens (tertiary/aromatic N) is 3. The molecule has 2 aliphatic rings. The number of rotatable bonds is 3. The van der Waals surface area contributed by atoms with Crippen molar-refractivity contribution in [1.82, 2.24) is 0 Å². The number of para-hydroxylation sites is 1. The molecule has 0 aromatic heterocycles. The van der Waals surface area contributed by atoms with Crippen LogP contribution in [0.2, 0.25) is 0 Å². The highest BCUT2D eigenvalue weighted by molar-refractivity contribution is 6.03. The first-order valence-electron chi connectivity index (χ1n) is 8.87. The van der Waals surface area contributed by atoms with Gasteiger partial charge in [-0.3, -0.25) is 5.01 Å². The normalized spacial score (nSPS) is 20.4. The number of morpholine rings is 1. The predicted molar refractivity (Wildman–Crippen MR) is 98.9 cm³/mol. The van der Waals surface area contributed by atoms with Gasteiger partial charge in [-0.2, -0.15) is 5.10 Å². The summed E-state index contributed by atoms with van der Waals surface area (Å²) in [7, 11) is 0. The Morgan fingerprint density at radius 2 is 1.77 bits per heavy atom. The number of ether oxygens (including phenoxy) is 1. The average molecular weight is 357 g/mol. The zero-order chi connectivity index (χ0) is 18.1. The Kier molecular flexibility index (Phi) is 4.59. The minimum Gasteiger partial charge on any atom is -0.377 e. The Bertz CT molecular complexity index is 802. The topological polar surface area (TPSA) is 28.1 Å². The molecule has 2 aliphatic heterocycles. The first-order valence-corrected chi connectivity index (χ1v) is 8.87. The van der Waals surface area contributed by atoms with Gasteiger partial charge in [0.25, 0.3) is 0 Å². The maximum absolute atomic E-state index is 14.0. The van der Waals surface area contributed by atoms with Crippen molar-refractivity contribution in [3.8, 4) is 0 Å². The molecule has 4 rings (SSSR count). The minimum atomic E-state index is -0.591. The summed E-state index contributed by atoms with van der Waals surface area (Å²) >= 11 is 0. The largest absolute Gasteiger partial charge is 0.377 e. The van der Waals surface area contributed by atoms with E-state index in [9.17, 15) is 8.78 Å². The van der Waals surface area contributed by atoms with Crippen molar-refractivity contribution in [2.45, 2.75) is 19.4 Å². The van der Waals surface area contributed by atoms with E-state index >= 15 is 0 Å². The van der Waals surface area contributed by atoms with E-state index in [0.29, 0.717) is 19.0 Å². The molecular weight excluding hydrogens is 336 g/mol. The van der Waals surface area contributed by atoms with Gasteiger partial charge in [-0.25, -0.2) is 8.78 Å². The van der Waals surface area contributed by atoms with Crippen LogP contribution in [0.1, 0.15) is 18.9 Å². The molecule has 1 atom stereocenters. The van der Waals surface area contributed by atoms with Crippen LogP contribution in [0, 0.1) is 11.6 Å². The molecule has 1 saturated heterocycles. The van der Waals surface area contributed by atoms with E-state index in [2.05, 4.69) is 29.1 Å². The third-order valence-corrected chi connectivity index (χ3v) is 4.90. The summed E-state index contributed by atoms with van der Waals surface area (Å²) in [6.07, 6.45) is 0.654. The summed E-state index contributed by atoms with van der Waals surface area (Å²) in [4.78, 5) is 2.32. The van der Waals surface area contributed by atoms with Gasteiger partial charge in [-0.15, -0.1) is 0 Å². The Hall–Kier alpha value is -2.47. The second kappa shape index (κ2) is 7.03. The van der Waals surface area contributed by atoms with Crippen molar-refractivity contribution >= 4 is 17.1 Å². The lowest BCUT2D eigenvalue weighted by Crippen LogP contribution is -2.43. The fraction of sp³-hybridized carbons (Fsp3) is 0.350. The number of hydrogen-bond donors (Lipinski definition) is 0. The van der Waals surface area contributed by atoms with Gasteiger partial charge in [0, 0.05) is 31.2 Å². The molecule has 4 nitrogen and oxygen atoms in total. The first-order chi connectivity index (χ1) is 12.6. The van der Waals surface area contributed by atoms with Crippen molar-refractivity contribution in [1.29, 1.82) is 0 Å². The summed E-state index contributed by atoms with van der Waals surface area (Å²) < 4.78 is 33.4. The number of hydrazone groups is 1. The van der Waals surface area contributed by atoms with Crippen LogP contribution in [0.15, 0.2) is 47.6 Å². The van der Waals surface area contributed by atoms with E-state index < -0.39 is 11.6 Å². The zero-order valence-electron chi connectivity index (χ0n) is 14.7. The number of hydrogen-bond acceptors (Lipinski definition) is 4. The van der Waals surface area contributed by atoms with Gasteiger partial charge in [-0.05, 0) is 36.8 Å². The highest BCUT2D eigenvalue weighted by Gasteiger charge is 2.23. The molecular formula is C20H21F2N3O. The monoisotopic (exact) mass is 357 g/mol. The summed E-state index contributed by atoms with van der Waals surface area (Å²) in [5, 5.41) is 5.86. The molecule has 2 aromatic rings. The zero-order valence-corrected chi connectivity index (χ0v) is 14.7. The average Bonchev–Trinajstić information content (AvgIpc) is 3.12. The fourth-order valence-electron chi connectivity index (χ4n) is 3.51. The molecule has 0 saturated carbocycles. The van der Waals surface area contributed by atoms with Crippen molar-refractivity contribution in [2.24, 2.45) is 5.10 Å². The first kappa shape index (κ1) is 17.0. The third-order valence-electron chi connectivity index (χ3n) is 4.90. The Labute approximate surface area is 151 Å². The summed E-state index contributed by atoms with van der Waals surface area (Å²) in [5.74, 6) is -1.18. The minimum absolute atomic E-state index is 0.0822. The van der Waals surface area contributed by atoms with Gasteiger partial charge >= 0.3 is 0 Å². The lowest BCUT2D eigenvalue weighted by Gasteiger charge is -2.35. The van der Waals surface area contributed by atoms with Crippen LogP contribution < -0.4 is 9.91 Å². The SMILES string of the molecule is C[C@H]1COCCN1c1ccc(C2=NN(c3c(F)cccc3F)CC2)cc1. The van der Waals surface area contributed by atoms with Gasteiger partial charge < -0.3 is 9.64 Å². The lowest BCUT2D eigenvalue weighted by molar-refractivity contribution is 0.0989. The molecule has 0 radical (unpaired) electrons. The van der Waals surface area contributed by atoms with Crippen molar-refractivity contribution < 1.29 is 13.5 Å². The molecule has 0 amide bonds. The molecule has 2 heterocycles. The van der Waals surface area contributed by atoms with E-state index in [1.165, 1.54) is 23.2 Å². The second-order valence-electron chi connectivity index (χ2n) is 6.65. The lowest BCUT2D eigenvalue weighted by atomic mass is 10.1. The maximum atomic E-state index is 14.0. The second-order valence-corrected chi connectivity index (χ2v) is 6.65. The Morgan fingerprint density at radius 1 is 1.04 bits per heavy atom. The molecule has 1 fully saturated rings. The molecule has 2 aromatic carbocycles. The van der Waals surface area contributed by atoms with E-state index in [1.807, 2.05) is 12.1 Å². The predicted octanol–water partition coefficient (Wildman–Crippen LogP) is 3.80. The summed E-state index contributed by atoms with van der Waals surface area (Å²) in [6, 6.07) is 12.4. The van der Waals surface area contributed by atoms with Crippen molar-refractivity contribution in [3.05, 3.63) is 59.7 Å². The molecule has 0 bridgehead atoms. The van der Waals surface area contributed by atoms with Crippen LogP contribution >= 0.6 is 0 Å². The van der Waals surface area contributed by atoms with Gasteiger partial charge in [-0.1, -0.05) is 18.2 Å². The highest BCUT2D eigenvalue weighted by atomic mass is 19.1. The van der Waals surface area contributed by atoms with E-state index in [0.717, 1.165) is 36.7 Å². The Balaban J connectivity index is 1.55. The molecule has 6 heteroatoms. The van der Waals surface area contributed by atoms with Crippen LogP contribution in [0.4, 0.5) is 20.2 Å². The Morgan fingerprint density at radius 3 is 2.46 bits per heavy atom. The van der Waals surface area contributed by atoms with Crippen LogP contribution in [-0.4, -0.2) is 38.1 Å². The summed E-state index contributed by atoms with van der Waals surface area (Å²) in [6.45, 7) is 4.96. The molecule has 0 unspecified atom stereocenters. The van der Waals surface area contributed by atoms with Crippen LogP contribution in [0.25, 0.3) is 0 Å². The molecule has 0 N–H and O–H groups in total. The van der Waals surface area contributed by atoms with E-state index in [1.54, 1.807) is 0 Å². The van der Waals surface area contributed by atoms with Crippen molar-refractivity contribution in [2.75, 3.05) is 36.2 Å². The van der Waals surface area contributed by atoms with E-state index in [4.69, 9.17) is 4.74 Å². The fourth-order valence-corrected chi connectivity index (χ4v) is 3.51. The number of benzene rings is 2. The van der Waals surface area contributed by atoms with Gasteiger partial charge in [0.15, 0.2) is 11.6 Å². The van der Waals surface area contributed by atoms with Crippen LogP contribution in [0.3, 0.4) is 0 Å². The van der Waals surface area contributed by atoms with Gasteiger partial charge in [0.1, 0.15) is 5.69 Å². The molecule has 136 valence electrons. The maximum Gasteiger partial charge on any atom is 0.151 e. The van der Waals surface area contributed by atoms with Crippen LogP contribution in [-0.2, 0) is 4.74 Å². The summed E-state index contributed by atoms with van der Waals surface area (Å²) in [5.41, 5.74) is 2.89. The van der Waals surface area contributed by atoms with Crippen molar-refractivity contribution in [3.63, 3.8) is 0 Å². The van der Waals surface area contributed by atoms with Gasteiger partial charge in [0.2, 0.25) is 0 Å².